The summed E-state index contributed by atoms with van der Waals surface area (Å²) in [5, 5.41) is 3.89. The van der Waals surface area contributed by atoms with E-state index < -0.39 is 0 Å². The predicted octanol–water partition coefficient (Wildman–Crippen LogP) is 1.04. The SMILES string of the molecule is Cc1nc(N2CC[NH+](C)CC2)sc1C(=O)Nc1ccccc1. The standard InChI is InChI=1S/C16H20N4OS/c1-12-14(15(21)18-13-6-4-3-5-7-13)22-16(17-12)20-10-8-19(2)9-11-20/h3-7H,8-11H2,1-2H3,(H,18,21)/p+1. The number of carbonyl (C=O) groups excluding carboxylic acids is 1. The van der Waals surface area contributed by atoms with Crippen molar-refractivity contribution in [2.45, 2.75) is 6.92 Å². The summed E-state index contributed by atoms with van der Waals surface area (Å²) in [5.74, 6) is -0.0767. The number of amides is 1. The molecule has 0 unspecified atom stereocenters. The molecule has 2 heterocycles. The molecule has 6 heteroatoms. The normalized spacial score (nSPS) is 15.8. The van der Waals surface area contributed by atoms with Crippen LogP contribution < -0.4 is 15.1 Å². The van der Waals surface area contributed by atoms with E-state index in [1.165, 1.54) is 11.3 Å². The lowest BCUT2D eigenvalue weighted by molar-refractivity contribution is -0.880. The van der Waals surface area contributed by atoms with Gasteiger partial charge in [0.2, 0.25) is 0 Å². The van der Waals surface area contributed by atoms with Crippen molar-refractivity contribution in [2.75, 3.05) is 43.4 Å². The van der Waals surface area contributed by atoms with Crippen molar-refractivity contribution in [1.29, 1.82) is 0 Å². The lowest BCUT2D eigenvalue weighted by atomic mass is 10.3. The maximum Gasteiger partial charge on any atom is 0.267 e. The Morgan fingerprint density at radius 1 is 1.27 bits per heavy atom. The summed E-state index contributed by atoms with van der Waals surface area (Å²) in [6.07, 6.45) is 0. The molecule has 22 heavy (non-hydrogen) atoms. The molecule has 1 amide bonds. The number of nitrogens with zero attached hydrogens (tertiary/aromatic N) is 2. The number of aryl methyl sites for hydroxylation is 1. The maximum absolute atomic E-state index is 12.4. The van der Waals surface area contributed by atoms with Gasteiger partial charge in [-0.2, -0.15) is 0 Å². The first-order valence-corrected chi connectivity index (χ1v) is 8.35. The second kappa shape index (κ2) is 6.46. The van der Waals surface area contributed by atoms with E-state index in [1.807, 2.05) is 37.3 Å². The minimum Gasteiger partial charge on any atom is -0.337 e. The molecule has 5 nitrogen and oxygen atoms in total. The lowest BCUT2D eigenvalue weighted by Crippen LogP contribution is -3.12. The van der Waals surface area contributed by atoms with E-state index in [0.29, 0.717) is 4.88 Å². The highest BCUT2D eigenvalue weighted by molar-refractivity contribution is 7.17. The first-order valence-electron chi connectivity index (χ1n) is 7.53. The van der Waals surface area contributed by atoms with Gasteiger partial charge in [-0.1, -0.05) is 29.5 Å². The number of anilines is 2. The van der Waals surface area contributed by atoms with Crippen molar-refractivity contribution in [3.8, 4) is 0 Å². The van der Waals surface area contributed by atoms with Gasteiger partial charge in [0, 0.05) is 5.69 Å². The summed E-state index contributed by atoms with van der Waals surface area (Å²) in [7, 11) is 2.21. The quantitative estimate of drug-likeness (QED) is 0.889. The molecular weight excluding hydrogens is 296 g/mol. The molecule has 0 spiro atoms. The van der Waals surface area contributed by atoms with Crippen LogP contribution in [0, 0.1) is 6.92 Å². The highest BCUT2D eigenvalue weighted by Crippen LogP contribution is 2.26. The van der Waals surface area contributed by atoms with E-state index >= 15 is 0 Å². The third-order valence-corrected chi connectivity index (χ3v) is 5.13. The summed E-state index contributed by atoms with van der Waals surface area (Å²) < 4.78 is 0. The zero-order valence-electron chi connectivity index (χ0n) is 12.9. The number of para-hydroxylation sites is 1. The van der Waals surface area contributed by atoms with Crippen LogP contribution in [0.25, 0.3) is 0 Å². The van der Waals surface area contributed by atoms with E-state index in [9.17, 15) is 4.79 Å². The van der Waals surface area contributed by atoms with Gasteiger partial charge in [0.1, 0.15) is 4.88 Å². The Kier molecular flexibility index (Phi) is 4.40. The fourth-order valence-corrected chi connectivity index (χ4v) is 3.53. The first-order chi connectivity index (χ1) is 10.6. The number of thiazole rings is 1. The van der Waals surface area contributed by atoms with Crippen LogP contribution in [0.4, 0.5) is 10.8 Å². The van der Waals surface area contributed by atoms with Gasteiger partial charge in [0.25, 0.3) is 5.91 Å². The Labute approximate surface area is 134 Å². The van der Waals surface area contributed by atoms with Gasteiger partial charge >= 0.3 is 0 Å². The summed E-state index contributed by atoms with van der Waals surface area (Å²) in [4.78, 5) is 21.5. The zero-order chi connectivity index (χ0) is 15.5. The van der Waals surface area contributed by atoms with E-state index in [4.69, 9.17) is 0 Å². The van der Waals surface area contributed by atoms with E-state index in [-0.39, 0.29) is 5.91 Å². The molecule has 1 saturated heterocycles. The average Bonchev–Trinajstić information content (AvgIpc) is 2.91. The van der Waals surface area contributed by atoms with Gasteiger partial charge in [0.15, 0.2) is 5.13 Å². The van der Waals surface area contributed by atoms with Crippen molar-refractivity contribution in [3.05, 3.63) is 40.9 Å². The van der Waals surface area contributed by atoms with Crippen LogP contribution in [-0.4, -0.2) is 44.1 Å². The molecular formula is C16H21N4OS+. The Bertz CT molecular complexity index is 647. The molecule has 1 aliphatic rings. The van der Waals surface area contributed by atoms with Crippen molar-refractivity contribution in [3.63, 3.8) is 0 Å². The van der Waals surface area contributed by atoms with E-state index in [2.05, 4.69) is 22.2 Å². The van der Waals surface area contributed by atoms with Crippen molar-refractivity contribution >= 4 is 28.1 Å². The van der Waals surface area contributed by atoms with Crippen LogP contribution in [0.15, 0.2) is 30.3 Å². The van der Waals surface area contributed by atoms with E-state index in [0.717, 1.165) is 42.7 Å². The summed E-state index contributed by atoms with van der Waals surface area (Å²) in [6, 6.07) is 9.53. The number of aromatic nitrogens is 1. The number of piperazine rings is 1. The van der Waals surface area contributed by atoms with Gasteiger partial charge in [-0.25, -0.2) is 4.98 Å². The number of likely N-dealkylation sites (N-methyl/N-ethyl adjacent to an activating group) is 1. The first kappa shape index (κ1) is 15.0. The fourth-order valence-electron chi connectivity index (χ4n) is 2.52. The molecule has 116 valence electrons. The number of benzene rings is 1. The van der Waals surface area contributed by atoms with Crippen LogP contribution in [0.1, 0.15) is 15.4 Å². The van der Waals surface area contributed by atoms with Gasteiger partial charge in [-0.05, 0) is 19.1 Å². The largest absolute Gasteiger partial charge is 0.337 e. The molecule has 1 aliphatic heterocycles. The Hall–Kier alpha value is -1.92. The van der Waals surface area contributed by atoms with Crippen LogP contribution in [-0.2, 0) is 0 Å². The second-order valence-electron chi connectivity index (χ2n) is 5.68. The van der Waals surface area contributed by atoms with E-state index in [1.54, 1.807) is 4.90 Å². The van der Waals surface area contributed by atoms with Crippen molar-refractivity contribution < 1.29 is 9.69 Å². The summed E-state index contributed by atoms with van der Waals surface area (Å²) in [5.41, 5.74) is 1.62. The van der Waals surface area contributed by atoms with Crippen molar-refractivity contribution in [2.24, 2.45) is 0 Å². The number of rotatable bonds is 3. The highest BCUT2D eigenvalue weighted by atomic mass is 32.1. The molecule has 0 radical (unpaired) electrons. The topological polar surface area (TPSA) is 49.7 Å². The molecule has 0 atom stereocenters. The Balaban J connectivity index is 1.73. The lowest BCUT2D eigenvalue weighted by Gasteiger charge is -2.29. The van der Waals surface area contributed by atoms with Crippen LogP contribution >= 0.6 is 11.3 Å². The van der Waals surface area contributed by atoms with Gasteiger partial charge < -0.3 is 15.1 Å². The fraction of sp³-hybridized carbons (Fsp3) is 0.375. The van der Waals surface area contributed by atoms with Gasteiger partial charge in [0.05, 0.1) is 38.9 Å². The number of quaternary nitrogens is 1. The second-order valence-corrected chi connectivity index (χ2v) is 6.65. The van der Waals surface area contributed by atoms with Crippen molar-refractivity contribution in [1.82, 2.24) is 4.98 Å². The predicted molar refractivity (Wildman–Crippen MR) is 90.1 cm³/mol. The molecule has 2 aromatic rings. The summed E-state index contributed by atoms with van der Waals surface area (Å²) >= 11 is 1.49. The summed E-state index contributed by atoms with van der Waals surface area (Å²) in [6.45, 7) is 6.13. The molecule has 1 aromatic carbocycles. The number of hydrogen-bond acceptors (Lipinski definition) is 4. The Morgan fingerprint density at radius 2 is 1.95 bits per heavy atom. The monoisotopic (exact) mass is 317 g/mol. The van der Waals surface area contributed by atoms with Crippen LogP contribution in [0.3, 0.4) is 0 Å². The number of carbonyl (C=O) groups is 1. The number of hydrogen-bond donors (Lipinski definition) is 2. The highest BCUT2D eigenvalue weighted by Gasteiger charge is 2.22. The Morgan fingerprint density at radius 3 is 2.64 bits per heavy atom. The zero-order valence-corrected chi connectivity index (χ0v) is 13.7. The molecule has 1 aromatic heterocycles. The molecule has 3 rings (SSSR count). The molecule has 0 bridgehead atoms. The minimum absolute atomic E-state index is 0.0767. The van der Waals surface area contributed by atoms with Crippen LogP contribution in [0.2, 0.25) is 0 Å². The minimum atomic E-state index is -0.0767. The molecule has 2 N–H and O–H groups in total. The third kappa shape index (κ3) is 3.28. The molecule has 0 aliphatic carbocycles. The van der Waals surface area contributed by atoms with Gasteiger partial charge in [-0.15, -0.1) is 0 Å². The maximum atomic E-state index is 12.4. The van der Waals surface area contributed by atoms with Crippen LogP contribution in [0.5, 0.6) is 0 Å². The molecule has 0 saturated carbocycles. The molecule has 1 fully saturated rings. The van der Waals surface area contributed by atoms with Gasteiger partial charge in [-0.3, -0.25) is 4.79 Å². The average molecular weight is 317 g/mol. The smallest absolute Gasteiger partial charge is 0.267 e. The number of nitrogens with one attached hydrogen (secondary N) is 2. The third-order valence-electron chi connectivity index (χ3n) is 3.91.